The van der Waals surface area contributed by atoms with Crippen LogP contribution < -0.4 is 38.7 Å². The number of nitrogens with zero attached hydrogens (tertiary/aromatic N) is 14. The molecule has 1 aliphatic carbocycles. The third kappa shape index (κ3) is 23.4. The molecular weight excluding hydrogens is 1780 g/mol. The standard InChI is InChI=1S/C24H25FN4O2.C24H28FN3O2.C21H20N4O2.C20H25N5O.C19H23FN4O2/c25-19-5-2-1-4-16(19)11-28-12-17-14-29(15-18(17)13-28)24(30)10-22-20(26)7-8-21(27-22)23-6-3-9-31-23;25-20-3-1-17(2-4-20)22-6-5-21(26)23(27-22)10-24(29)28-11-18-8-15(9-19(18)12-28)7-16-13-30-14-16;1-27-17-4-2-14(3-5-17)19-7-6-18(22)20(24-19)10-21(26)25-12-15-8-9-23-11-16(15)13-25;21-16-4-5-17(15-3-1-8-22-12-15)24-18(16)11-19(26)25-10-7-20(14-25)6-2-9-23-13-20;20-5-6-23-9-13-11-24(12-14(13)10-23)19(25)8-17-15(21)3-4-16(22-17)18-2-1-7-26-18/h1-9,17-18H,10-15,26H2;1-6,15-16,18-19H,7-14,26H2;2-9,11H,10,12-13,22H2,1H3;1,3-5,8,12,23H,2,6-7,9-11,13-14,21H2;1-4,7,13-14H,5-6,8-12,21H2. The van der Waals surface area contributed by atoms with Gasteiger partial charge in [0.15, 0.2) is 11.5 Å². The number of ether oxygens (including phenoxy) is 2. The van der Waals surface area contributed by atoms with Gasteiger partial charge in [0, 0.05) is 170 Å². The minimum absolute atomic E-state index is 0.0114. The van der Waals surface area contributed by atoms with Crippen molar-refractivity contribution in [1.29, 1.82) is 0 Å². The van der Waals surface area contributed by atoms with Gasteiger partial charge in [-0.2, -0.15) is 0 Å². The number of halogens is 3. The second kappa shape index (κ2) is 44.0. The lowest BCUT2D eigenvalue weighted by molar-refractivity contribution is -0.131. The number of anilines is 5. The Kier molecular flexibility index (Phi) is 30.3. The number of carbonyl (C=O) groups excluding carboxylic acids is 5. The van der Waals surface area contributed by atoms with Crippen LogP contribution in [0.2, 0.25) is 0 Å². The Morgan fingerprint density at radius 1 is 0.450 bits per heavy atom. The first-order chi connectivity index (χ1) is 68.0. The van der Waals surface area contributed by atoms with Crippen molar-refractivity contribution in [2.45, 2.75) is 90.3 Å². The van der Waals surface area contributed by atoms with E-state index in [-0.39, 0.29) is 85.4 Å². The van der Waals surface area contributed by atoms with Crippen molar-refractivity contribution >= 4 is 58.0 Å². The van der Waals surface area contributed by atoms with E-state index in [0.717, 1.165) is 174 Å². The largest absolute Gasteiger partial charge is 0.497 e. The zero-order valence-electron chi connectivity index (χ0n) is 78.9. The highest BCUT2D eigenvalue weighted by atomic mass is 19.1. The average molecular weight is 1900 g/mol. The lowest BCUT2D eigenvalue weighted by Gasteiger charge is -2.33. The number of rotatable bonds is 22. The minimum Gasteiger partial charge on any atom is -0.497 e. The first-order valence-corrected chi connectivity index (χ1v) is 48.5. The van der Waals surface area contributed by atoms with Crippen LogP contribution in [0, 0.1) is 64.4 Å². The van der Waals surface area contributed by atoms with E-state index >= 15 is 0 Å². The molecule has 9 fully saturated rings. The van der Waals surface area contributed by atoms with Crippen LogP contribution in [0.5, 0.6) is 5.75 Å². The molecule has 32 heteroatoms. The molecule has 0 radical (unpaired) electrons. The van der Waals surface area contributed by atoms with Crippen LogP contribution in [0.3, 0.4) is 0 Å². The summed E-state index contributed by atoms with van der Waals surface area (Å²) in [6, 6.07) is 51.9. The van der Waals surface area contributed by atoms with Gasteiger partial charge in [-0.05, 0) is 255 Å². The predicted octanol–water partition coefficient (Wildman–Crippen LogP) is 13.2. The van der Waals surface area contributed by atoms with E-state index in [1.54, 1.807) is 105 Å². The van der Waals surface area contributed by atoms with Gasteiger partial charge >= 0.3 is 0 Å². The molecule has 8 saturated heterocycles. The summed E-state index contributed by atoms with van der Waals surface area (Å²) in [4.78, 5) is 110. The summed E-state index contributed by atoms with van der Waals surface area (Å²) in [5.74, 6) is 6.56. The normalized spacial score (nSPS) is 21.1. The molecule has 12 aromatic rings. The molecule has 5 amide bonds. The van der Waals surface area contributed by atoms with E-state index in [4.69, 9.17) is 47.0 Å². The minimum atomic E-state index is -0.307. The number of hydrogen-bond donors (Lipinski definition) is 6. The summed E-state index contributed by atoms with van der Waals surface area (Å²) < 4.78 is 60.9. The molecule has 140 heavy (non-hydrogen) atoms. The van der Waals surface area contributed by atoms with Crippen LogP contribution >= 0.6 is 0 Å². The average Bonchev–Trinajstić information content (AvgIpc) is 1.66. The summed E-state index contributed by atoms with van der Waals surface area (Å²) in [6.07, 6.45) is 18.5. The maximum Gasteiger partial charge on any atom is 0.229 e. The lowest BCUT2D eigenvalue weighted by atomic mass is 9.80. The number of pyridine rings is 7. The Morgan fingerprint density at radius 3 is 1.37 bits per heavy atom. The maximum atomic E-state index is 14.0. The van der Waals surface area contributed by atoms with Crippen molar-refractivity contribution in [3.63, 3.8) is 0 Å². The van der Waals surface area contributed by atoms with Gasteiger partial charge in [0.05, 0.1) is 139 Å². The van der Waals surface area contributed by atoms with Crippen LogP contribution in [0.4, 0.5) is 41.6 Å². The smallest absolute Gasteiger partial charge is 0.229 e. The fourth-order valence-corrected chi connectivity index (χ4v) is 21.6. The number of benzene rings is 3. The number of alkyl halides is 1. The molecule has 3 aromatic carbocycles. The van der Waals surface area contributed by atoms with Crippen molar-refractivity contribution in [2.24, 2.45) is 52.8 Å². The Morgan fingerprint density at radius 2 is 0.914 bits per heavy atom. The molecule has 0 bridgehead atoms. The van der Waals surface area contributed by atoms with E-state index in [1.807, 2.05) is 122 Å². The molecule has 9 aromatic heterocycles. The predicted molar refractivity (Wildman–Crippen MR) is 528 cm³/mol. The number of hydrogen-bond acceptors (Lipinski definition) is 24. The molecule has 11 N–H and O–H groups in total. The van der Waals surface area contributed by atoms with Crippen molar-refractivity contribution in [1.82, 2.24) is 74.5 Å². The number of likely N-dealkylation sites (tertiary alicyclic amines) is 6. The van der Waals surface area contributed by atoms with Crippen LogP contribution in [-0.4, -0.2) is 224 Å². The molecule has 1 spiro atoms. The molecule has 7 unspecified atom stereocenters. The first-order valence-electron chi connectivity index (χ1n) is 48.5. The monoisotopic (exact) mass is 1900 g/mol. The second-order valence-electron chi connectivity index (χ2n) is 38.9. The van der Waals surface area contributed by atoms with Crippen molar-refractivity contribution in [3.05, 3.63) is 270 Å². The van der Waals surface area contributed by atoms with Gasteiger partial charge in [0.25, 0.3) is 0 Å². The van der Waals surface area contributed by atoms with E-state index < -0.39 is 0 Å². The van der Waals surface area contributed by atoms with E-state index in [1.165, 1.54) is 50.3 Å². The van der Waals surface area contributed by atoms with Crippen molar-refractivity contribution < 1.29 is 55.5 Å². The second-order valence-corrected chi connectivity index (χ2v) is 38.9. The van der Waals surface area contributed by atoms with E-state index in [9.17, 15) is 37.1 Å². The molecule has 10 aliphatic rings. The molecule has 18 heterocycles. The summed E-state index contributed by atoms with van der Waals surface area (Å²) >= 11 is 0. The summed E-state index contributed by atoms with van der Waals surface area (Å²) in [5.41, 5.74) is 45.6. The summed E-state index contributed by atoms with van der Waals surface area (Å²) in [5, 5.41) is 3.49. The number of nitrogens with one attached hydrogen (secondary N) is 1. The third-order valence-electron chi connectivity index (χ3n) is 29.3. The Hall–Kier alpha value is -14.0. The summed E-state index contributed by atoms with van der Waals surface area (Å²) in [7, 11) is 1.63. The number of nitrogen functional groups attached to an aromatic ring is 5. The molecular formula is C108H121F3N20O9. The van der Waals surface area contributed by atoms with Gasteiger partial charge in [0.2, 0.25) is 29.5 Å². The zero-order valence-corrected chi connectivity index (χ0v) is 78.9. The first kappa shape index (κ1) is 96.3. The summed E-state index contributed by atoms with van der Waals surface area (Å²) in [6.45, 7) is 15.9. The van der Waals surface area contributed by atoms with Gasteiger partial charge < -0.3 is 81.7 Å². The molecule has 728 valence electrons. The van der Waals surface area contributed by atoms with Crippen LogP contribution in [0.1, 0.15) is 83.7 Å². The number of piperidine rings is 1. The van der Waals surface area contributed by atoms with Crippen LogP contribution in [-0.2, 0) is 80.4 Å². The molecule has 29 nitrogen and oxygen atoms in total. The van der Waals surface area contributed by atoms with Gasteiger partial charge in [-0.1, -0.05) is 18.2 Å². The van der Waals surface area contributed by atoms with E-state index in [0.29, 0.717) is 147 Å². The van der Waals surface area contributed by atoms with E-state index in [2.05, 4.69) is 50.0 Å². The number of amides is 5. The number of methoxy groups -OCH3 is 1. The number of nitrogens with two attached hydrogens (primary N) is 5. The highest BCUT2D eigenvalue weighted by Gasteiger charge is 2.46. The Balaban J connectivity index is 0.000000116. The third-order valence-corrected chi connectivity index (χ3v) is 29.3. The Labute approximate surface area is 812 Å². The number of furan rings is 2. The van der Waals surface area contributed by atoms with Gasteiger partial charge in [0.1, 0.15) is 35.4 Å². The maximum absolute atomic E-state index is 14.0. The molecule has 22 rings (SSSR count). The SMILES string of the molecule is COc1ccc(-c2ccc(N)c(CC(=O)N3Cc4ccncc4C3)n2)cc1.Nc1ccc(-c2ccc(F)cc2)nc1CC(=O)N1CC2CC(CC3COC3)CC2C1.Nc1ccc(-c2cccnc2)nc1CC(=O)N1CCC2(CCCNC2)C1.Nc1ccc(-c2ccco2)nc1CC(=O)N1CC2CN(CCF)CC2C1.Nc1ccc(-c2ccco2)nc1CC(=O)N1CC2CN(Cc3ccccc3F)CC2C1. The number of carbonyl (C=O) groups is 5. The van der Waals surface area contributed by atoms with Gasteiger partial charge in [-0.25, -0.2) is 23.1 Å². The topological polar surface area (TPSA) is 385 Å². The van der Waals surface area contributed by atoms with Gasteiger partial charge in [-0.3, -0.25) is 53.8 Å². The van der Waals surface area contributed by atoms with Crippen molar-refractivity contribution in [3.8, 4) is 62.4 Å². The lowest BCUT2D eigenvalue weighted by Crippen LogP contribution is -2.43. The number of fused-ring (bicyclic) bond motifs is 4. The van der Waals surface area contributed by atoms with Crippen LogP contribution in [0.25, 0.3) is 56.7 Å². The highest BCUT2D eigenvalue weighted by molar-refractivity contribution is 5.84. The van der Waals surface area contributed by atoms with Crippen molar-refractivity contribution in [2.75, 3.05) is 154 Å². The molecule has 7 atom stereocenters. The van der Waals surface area contributed by atoms with Crippen LogP contribution in [0.15, 0.2) is 222 Å². The quantitative estimate of drug-likeness (QED) is 0.0367. The molecule has 1 saturated carbocycles. The fraction of sp³-hybridized carbons (Fsp3) is 0.389. The molecule has 9 aliphatic heterocycles. The Bertz CT molecular complexity index is 6250. The fourth-order valence-electron chi connectivity index (χ4n) is 21.6. The number of aromatic nitrogens is 7. The van der Waals surface area contributed by atoms with Gasteiger partial charge in [-0.15, -0.1) is 0 Å². The highest BCUT2D eigenvalue weighted by Crippen LogP contribution is 2.46. The zero-order chi connectivity index (χ0) is 96.9.